The van der Waals surface area contributed by atoms with Crippen LogP contribution in [0.15, 0.2) is 42.5 Å². The second kappa shape index (κ2) is 13.5. The largest absolute Gasteiger partial charge is 0.519 e. The van der Waals surface area contributed by atoms with E-state index in [1.54, 1.807) is 0 Å². The van der Waals surface area contributed by atoms with Gasteiger partial charge in [0.05, 0.1) is 0 Å². The minimum atomic E-state index is -1.71. The molecule has 0 aliphatic carbocycles. The maximum absolute atomic E-state index is 5.86. The maximum atomic E-state index is 5.86. The van der Waals surface area contributed by atoms with Gasteiger partial charge in [0.1, 0.15) is 0 Å². The number of benzene rings is 2. The summed E-state index contributed by atoms with van der Waals surface area (Å²) in [4.78, 5) is 2.60. The fourth-order valence-electron chi connectivity index (χ4n) is 4.69. The zero-order valence-corrected chi connectivity index (χ0v) is 25.4. The van der Waals surface area contributed by atoms with Gasteiger partial charge in [-0.2, -0.15) is 0 Å². The molecule has 4 heteroatoms. The maximum Gasteiger partial charge on any atom is 0.0138 e. The molecule has 0 saturated carbocycles. The van der Waals surface area contributed by atoms with Gasteiger partial charge in [0.25, 0.3) is 0 Å². The number of hydrogen-bond acceptors (Lipinski definition) is 1. The minimum Gasteiger partial charge on any atom is -0.519 e. The van der Waals surface area contributed by atoms with Gasteiger partial charge in [-0.05, 0) is 29.9 Å². The van der Waals surface area contributed by atoms with Crippen LogP contribution in [-0.2, 0) is 26.4 Å². The van der Waals surface area contributed by atoms with Gasteiger partial charge in [-0.25, -0.2) is 6.54 Å². The van der Waals surface area contributed by atoms with Gasteiger partial charge in [-0.3, -0.25) is 0 Å². The Hall–Kier alpha value is -0.817. The Morgan fingerprint density at radius 3 is 2.12 bits per heavy atom. The molecule has 34 heavy (non-hydrogen) atoms. The van der Waals surface area contributed by atoms with Crippen molar-refractivity contribution in [2.24, 2.45) is 17.3 Å². The SMILES string of the molecule is CC(C)[CH-]c1ccccc1[CH]=[Ru]([Cl])[Cl].CCc1cccc(CC)c1N1[CH-]C(C)(C)C[C@@H]1C(C)C. The fourth-order valence-corrected chi connectivity index (χ4v) is 6.54. The van der Waals surface area contributed by atoms with Crippen LogP contribution in [0.25, 0.3) is 0 Å². The van der Waals surface area contributed by atoms with E-state index in [1.807, 2.05) is 16.7 Å². The van der Waals surface area contributed by atoms with Crippen molar-refractivity contribution in [2.75, 3.05) is 4.90 Å². The van der Waals surface area contributed by atoms with Gasteiger partial charge in [0.15, 0.2) is 0 Å². The molecule has 1 atom stereocenters. The molecule has 0 amide bonds. The fraction of sp³-hybridized carbons (Fsp3) is 0.500. The van der Waals surface area contributed by atoms with Crippen molar-refractivity contribution in [3.05, 3.63) is 77.7 Å². The van der Waals surface area contributed by atoms with Gasteiger partial charge in [-0.15, -0.1) is 5.41 Å². The third kappa shape index (κ3) is 8.39. The van der Waals surface area contributed by atoms with Crippen LogP contribution in [-0.4, -0.2) is 10.7 Å². The molecule has 1 aliphatic heterocycles. The van der Waals surface area contributed by atoms with Crippen molar-refractivity contribution in [1.82, 2.24) is 0 Å². The Bertz CT molecular complexity index is 922. The summed E-state index contributed by atoms with van der Waals surface area (Å²) in [6.07, 6.45) is 5.69. The molecule has 2 aromatic rings. The average molecular weight is 590 g/mol. The molecule has 1 aliphatic rings. The third-order valence-electron chi connectivity index (χ3n) is 6.27. The van der Waals surface area contributed by atoms with Crippen LogP contribution in [0.1, 0.15) is 84.1 Å². The number of halogens is 2. The van der Waals surface area contributed by atoms with Crippen LogP contribution in [0.3, 0.4) is 0 Å². The van der Waals surface area contributed by atoms with Gasteiger partial charge >= 0.3 is 99.1 Å². The van der Waals surface area contributed by atoms with E-state index in [9.17, 15) is 0 Å². The predicted molar refractivity (Wildman–Crippen MR) is 151 cm³/mol. The number of nitrogens with zero attached hydrogens (tertiary/aromatic N) is 1. The van der Waals surface area contributed by atoms with Crippen molar-refractivity contribution < 1.29 is 13.5 Å². The van der Waals surface area contributed by atoms with E-state index < -0.39 is 13.5 Å². The van der Waals surface area contributed by atoms with Crippen LogP contribution < -0.4 is 4.90 Å². The molecule has 0 spiro atoms. The summed E-state index contributed by atoms with van der Waals surface area (Å²) < 4.78 is 1.99. The van der Waals surface area contributed by atoms with Crippen LogP contribution >= 0.6 is 19.4 Å². The molecule has 1 nitrogen and oxygen atoms in total. The summed E-state index contributed by atoms with van der Waals surface area (Å²) in [7, 11) is 11.7. The Labute approximate surface area is 222 Å². The Balaban J connectivity index is 0.000000257. The molecule has 2 aromatic carbocycles. The molecule has 1 heterocycles. The summed E-state index contributed by atoms with van der Waals surface area (Å²) >= 11 is -1.71. The molecule has 0 aromatic heterocycles. The van der Waals surface area contributed by atoms with Crippen LogP contribution in [0.5, 0.6) is 0 Å². The number of rotatable bonds is 7. The van der Waals surface area contributed by atoms with Crippen molar-refractivity contribution in [3.8, 4) is 0 Å². The Morgan fingerprint density at radius 1 is 1.03 bits per heavy atom. The Kier molecular flexibility index (Phi) is 11.7. The summed E-state index contributed by atoms with van der Waals surface area (Å²) in [5.41, 5.74) is 7.16. The van der Waals surface area contributed by atoms with E-state index in [-0.39, 0.29) is 0 Å². The summed E-state index contributed by atoms with van der Waals surface area (Å²) in [6, 6.07) is 15.6. The van der Waals surface area contributed by atoms with Crippen molar-refractivity contribution in [3.63, 3.8) is 0 Å². The minimum absolute atomic E-state index is 0.306. The zero-order valence-electron chi connectivity index (χ0n) is 22.2. The summed E-state index contributed by atoms with van der Waals surface area (Å²) in [5.74, 6) is 1.22. The van der Waals surface area contributed by atoms with E-state index in [4.69, 9.17) is 19.4 Å². The van der Waals surface area contributed by atoms with Crippen molar-refractivity contribution >= 4 is 29.7 Å². The number of anilines is 1. The van der Waals surface area contributed by atoms with E-state index in [0.29, 0.717) is 23.3 Å². The molecule has 1 saturated heterocycles. The Morgan fingerprint density at radius 2 is 1.62 bits per heavy atom. The smallest absolute Gasteiger partial charge is 0.0138 e. The molecular formula is C30H43Cl2NRu-2. The monoisotopic (exact) mass is 589 g/mol. The first-order valence-corrected chi connectivity index (χ1v) is 18.0. The molecule has 0 N–H and O–H groups in total. The van der Waals surface area contributed by atoms with Gasteiger partial charge in [0, 0.05) is 11.7 Å². The predicted octanol–water partition coefficient (Wildman–Crippen LogP) is 9.21. The van der Waals surface area contributed by atoms with Crippen LogP contribution in [0.4, 0.5) is 5.69 Å². The van der Waals surface area contributed by atoms with Crippen LogP contribution in [0.2, 0.25) is 0 Å². The molecule has 3 rings (SSSR count). The van der Waals surface area contributed by atoms with E-state index >= 15 is 0 Å². The van der Waals surface area contributed by atoms with Gasteiger partial charge < -0.3 is 4.90 Å². The van der Waals surface area contributed by atoms with Gasteiger partial charge in [-0.1, -0.05) is 66.2 Å². The molecule has 0 radical (unpaired) electrons. The second-order valence-corrected chi connectivity index (χ2v) is 16.2. The van der Waals surface area contributed by atoms with Crippen LogP contribution in [0, 0.1) is 30.2 Å². The second-order valence-electron chi connectivity index (χ2n) is 10.5. The molecule has 1 fully saturated rings. The first-order valence-electron chi connectivity index (χ1n) is 12.5. The molecule has 0 bridgehead atoms. The quantitative estimate of drug-likeness (QED) is 0.230. The van der Waals surface area contributed by atoms with E-state index in [2.05, 4.69) is 104 Å². The standard InChI is InChI=1S/C19H30N.C11H13.2ClH.Ru/c1-7-15-10-9-11-16(8-2)18(15)20-13-19(5,6)12-17(20)14(3)4;1-9(2)8-11-7-5-4-6-10(11)3;;;/h9-11,13-14,17H,7-8,12H2,1-6H3;3-9H,1-2H3;2*1H;/q2*-1;;;+2/p-2/t17-;;;;/m1..../s1. The molecule has 192 valence electrons. The molecule has 0 unspecified atom stereocenters. The third-order valence-corrected chi connectivity index (χ3v) is 8.10. The number of para-hydroxylation sites is 1. The topological polar surface area (TPSA) is 3.24 Å². The first kappa shape index (κ1) is 29.4. The van der Waals surface area contributed by atoms with Crippen molar-refractivity contribution in [2.45, 2.75) is 80.7 Å². The average Bonchev–Trinajstić information content (AvgIpc) is 3.09. The van der Waals surface area contributed by atoms with E-state index in [1.165, 1.54) is 28.8 Å². The number of aryl methyl sites for hydroxylation is 2. The summed E-state index contributed by atoms with van der Waals surface area (Å²) in [5, 5.41) is 0. The summed E-state index contributed by atoms with van der Waals surface area (Å²) in [6.45, 7) is 20.8. The van der Waals surface area contributed by atoms with Crippen molar-refractivity contribution in [1.29, 1.82) is 0 Å². The molecular weight excluding hydrogens is 546 g/mol. The normalized spacial score (nSPS) is 17.5. The van der Waals surface area contributed by atoms with Gasteiger partial charge in [0.2, 0.25) is 0 Å². The number of hydrogen-bond donors (Lipinski definition) is 0. The zero-order chi connectivity index (χ0) is 25.5. The van der Waals surface area contributed by atoms with E-state index in [0.717, 1.165) is 18.4 Å². The first-order chi connectivity index (χ1) is 16.0.